The summed E-state index contributed by atoms with van der Waals surface area (Å²) in [4.78, 5) is 28.9. The van der Waals surface area contributed by atoms with Crippen molar-refractivity contribution < 1.29 is 14.3 Å². The second-order valence-corrected chi connectivity index (χ2v) is 12.1. The van der Waals surface area contributed by atoms with Crippen molar-refractivity contribution in [1.29, 1.82) is 5.41 Å². The van der Waals surface area contributed by atoms with Gasteiger partial charge in [0.1, 0.15) is 11.9 Å². The average Bonchev–Trinajstić information content (AvgIpc) is 3.35. The lowest BCUT2D eigenvalue weighted by Crippen LogP contribution is -2.47. The summed E-state index contributed by atoms with van der Waals surface area (Å²) in [5, 5.41) is 14.8. The Labute approximate surface area is 236 Å². The first-order valence-electron chi connectivity index (χ1n) is 13.6. The van der Waals surface area contributed by atoms with Crippen molar-refractivity contribution in [3.8, 4) is 0 Å². The van der Waals surface area contributed by atoms with Crippen molar-refractivity contribution >= 4 is 41.0 Å². The third-order valence-corrected chi connectivity index (χ3v) is 8.70. The molecule has 2 aliphatic rings. The quantitative estimate of drug-likeness (QED) is 0.212. The van der Waals surface area contributed by atoms with Crippen molar-refractivity contribution in [2.75, 3.05) is 26.2 Å². The fourth-order valence-corrected chi connectivity index (χ4v) is 5.99. The molecule has 1 aromatic rings. The van der Waals surface area contributed by atoms with Crippen molar-refractivity contribution in [3.05, 3.63) is 45.8 Å². The molecule has 1 aromatic carbocycles. The third-order valence-electron chi connectivity index (χ3n) is 7.17. The molecule has 38 heavy (non-hydrogen) atoms. The molecule has 0 bridgehead atoms. The van der Waals surface area contributed by atoms with Gasteiger partial charge in [0.05, 0.1) is 12.7 Å². The molecule has 2 heterocycles. The van der Waals surface area contributed by atoms with E-state index in [9.17, 15) is 9.59 Å². The summed E-state index contributed by atoms with van der Waals surface area (Å²) in [5.74, 6) is 0.556. The molecule has 8 nitrogen and oxygen atoms in total. The van der Waals surface area contributed by atoms with Gasteiger partial charge >= 0.3 is 0 Å². The highest BCUT2D eigenvalue weighted by Crippen LogP contribution is 2.26. The maximum Gasteiger partial charge on any atom is 0.242 e. The molecule has 210 valence electrons. The molecule has 5 N–H and O–H groups in total. The monoisotopic (exact) mass is 563 g/mol. The number of allylic oxidation sites excluding steroid dienone is 1. The summed E-state index contributed by atoms with van der Waals surface area (Å²) in [5.41, 5.74) is 6.62. The van der Waals surface area contributed by atoms with E-state index in [1.165, 1.54) is 11.8 Å². The summed E-state index contributed by atoms with van der Waals surface area (Å²) in [6.45, 7) is 7.16. The van der Waals surface area contributed by atoms with Crippen LogP contribution in [0.5, 0.6) is 0 Å². The summed E-state index contributed by atoms with van der Waals surface area (Å²) in [6, 6.07) is 6.94. The van der Waals surface area contributed by atoms with Gasteiger partial charge in [0.25, 0.3) is 0 Å². The number of amidine groups is 1. The highest BCUT2D eigenvalue weighted by molar-refractivity contribution is 8.04. The molecular weight excluding hydrogens is 522 g/mol. The van der Waals surface area contributed by atoms with Crippen LogP contribution in [0, 0.1) is 11.3 Å². The van der Waals surface area contributed by atoms with Gasteiger partial charge in [0.2, 0.25) is 11.8 Å². The van der Waals surface area contributed by atoms with Crippen LogP contribution in [-0.2, 0) is 20.9 Å². The normalized spacial score (nSPS) is 21.3. The molecule has 0 aromatic heterocycles. The number of amides is 2. The van der Waals surface area contributed by atoms with Gasteiger partial charge in [-0.15, -0.1) is 11.8 Å². The van der Waals surface area contributed by atoms with Crippen LogP contribution < -0.4 is 16.4 Å². The molecule has 2 aliphatic heterocycles. The number of nitrogens with zero attached hydrogens (tertiary/aromatic N) is 1. The van der Waals surface area contributed by atoms with Gasteiger partial charge in [-0.2, -0.15) is 0 Å². The number of nitrogens with two attached hydrogens (primary N) is 1. The lowest BCUT2D eigenvalue weighted by Gasteiger charge is -2.25. The average molecular weight is 564 g/mol. The first-order valence-corrected chi connectivity index (χ1v) is 14.8. The van der Waals surface area contributed by atoms with Crippen molar-refractivity contribution in [3.63, 3.8) is 0 Å². The summed E-state index contributed by atoms with van der Waals surface area (Å²) in [6.07, 6.45) is 6.73. The molecule has 0 spiro atoms. The van der Waals surface area contributed by atoms with Crippen LogP contribution in [0.3, 0.4) is 0 Å². The zero-order valence-corrected chi connectivity index (χ0v) is 24.1. The van der Waals surface area contributed by atoms with Crippen LogP contribution in [0.4, 0.5) is 0 Å². The fraction of sp³-hybridized carbons (Fsp3) is 0.607. The number of piperidine rings is 1. The van der Waals surface area contributed by atoms with E-state index < -0.39 is 6.04 Å². The Bertz CT molecular complexity index is 968. The molecule has 0 aliphatic carbocycles. The van der Waals surface area contributed by atoms with Gasteiger partial charge in [0, 0.05) is 41.1 Å². The van der Waals surface area contributed by atoms with E-state index >= 15 is 0 Å². The first kappa shape index (κ1) is 30.5. The number of benzene rings is 1. The number of thioether (sulfide) groups is 1. The number of hydrogen-bond donors (Lipinski definition) is 4. The molecular formula is C28H42ClN5O3S. The fourth-order valence-electron chi connectivity index (χ4n) is 5.00. The number of nitrogens with one attached hydrogen (secondary N) is 3. The van der Waals surface area contributed by atoms with E-state index in [-0.39, 0.29) is 29.0 Å². The summed E-state index contributed by atoms with van der Waals surface area (Å²) in [7, 11) is 0. The van der Waals surface area contributed by atoms with Crippen molar-refractivity contribution in [2.45, 2.75) is 76.4 Å². The molecule has 2 saturated heterocycles. The van der Waals surface area contributed by atoms with Crippen LogP contribution in [-0.4, -0.2) is 66.1 Å². The molecule has 1 unspecified atom stereocenters. The van der Waals surface area contributed by atoms with Crippen LogP contribution in [0.1, 0.15) is 57.9 Å². The molecule has 2 fully saturated rings. The Morgan fingerprint density at radius 2 is 2.03 bits per heavy atom. The number of carbonyl (C=O) groups is 2. The molecule has 3 rings (SSSR count). The number of rotatable bonds is 13. The largest absolute Gasteiger partial charge is 0.383 e. The highest BCUT2D eigenvalue weighted by Gasteiger charge is 2.40. The lowest BCUT2D eigenvalue weighted by atomic mass is 9.92. The predicted molar refractivity (Wildman–Crippen MR) is 155 cm³/mol. The van der Waals surface area contributed by atoms with Crippen LogP contribution in [0.15, 0.2) is 35.2 Å². The smallest absolute Gasteiger partial charge is 0.242 e. The first-order chi connectivity index (χ1) is 18.3. The van der Waals surface area contributed by atoms with Crippen molar-refractivity contribution in [1.82, 2.24) is 15.5 Å². The minimum absolute atomic E-state index is 0.0203. The number of likely N-dealkylation sites (tertiary alicyclic amines) is 1. The SMILES string of the molecule is C/C=C(\SC(C)CNC(=O)[C@@H]1C[C@@H](OCc2ccc(Cl)cc2)CN1C(=O)CCCC1CCNCC1)C(=N)N. The topological polar surface area (TPSA) is 121 Å². The Morgan fingerprint density at radius 1 is 1.32 bits per heavy atom. The molecule has 0 saturated carbocycles. The second kappa shape index (κ2) is 15.5. The van der Waals surface area contributed by atoms with E-state index in [1.54, 1.807) is 11.0 Å². The maximum atomic E-state index is 13.3. The Morgan fingerprint density at radius 3 is 2.68 bits per heavy atom. The minimum Gasteiger partial charge on any atom is -0.383 e. The van der Waals surface area contributed by atoms with E-state index in [0.29, 0.717) is 48.4 Å². The molecule has 10 heteroatoms. The number of hydrogen-bond acceptors (Lipinski definition) is 6. The van der Waals surface area contributed by atoms with Gasteiger partial charge in [-0.25, -0.2) is 0 Å². The van der Waals surface area contributed by atoms with Gasteiger partial charge in [-0.3, -0.25) is 15.0 Å². The third kappa shape index (κ3) is 9.59. The number of halogens is 1. The summed E-state index contributed by atoms with van der Waals surface area (Å²) >= 11 is 7.44. The Balaban J connectivity index is 1.57. The lowest BCUT2D eigenvalue weighted by molar-refractivity contribution is -0.138. The second-order valence-electron chi connectivity index (χ2n) is 10.2. The Kier molecular flexibility index (Phi) is 12.4. The predicted octanol–water partition coefficient (Wildman–Crippen LogP) is 4.07. The zero-order chi connectivity index (χ0) is 27.5. The zero-order valence-electron chi connectivity index (χ0n) is 22.5. The van der Waals surface area contributed by atoms with Gasteiger partial charge < -0.3 is 26.0 Å². The molecule has 2 amide bonds. The Hall–Kier alpha value is -2.07. The van der Waals surface area contributed by atoms with E-state index in [0.717, 1.165) is 44.3 Å². The van der Waals surface area contributed by atoms with E-state index in [4.69, 9.17) is 27.5 Å². The van der Waals surface area contributed by atoms with Gasteiger partial charge in [-0.1, -0.05) is 36.7 Å². The van der Waals surface area contributed by atoms with Crippen LogP contribution in [0.2, 0.25) is 5.02 Å². The molecule has 3 atom stereocenters. The van der Waals surface area contributed by atoms with Crippen molar-refractivity contribution in [2.24, 2.45) is 11.7 Å². The van der Waals surface area contributed by atoms with E-state index in [2.05, 4.69) is 10.6 Å². The standard InChI is InChI=1S/C28H42ClN5O3S/c1-3-25(27(30)31)38-19(2)16-33-28(36)24-15-23(37-18-21-7-9-22(29)10-8-21)17-34(24)26(35)6-4-5-20-11-13-32-14-12-20/h3,7-10,19-20,23-24,32H,4-6,11-18H2,1-2H3,(H3,30,31)(H,33,36)/b25-3-/t19?,23-,24+/m1/s1. The maximum absolute atomic E-state index is 13.3. The summed E-state index contributed by atoms with van der Waals surface area (Å²) < 4.78 is 6.14. The minimum atomic E-state index is -0.553. The van der Waals surface area contributed by atoms with E-state index in [1.807, 2.05) is 38.1 Å². The highest BCUT2D eigenvalue weighted by atomic mass is 35.5. The van der Waals surface area contributed by atoms with Crippen LogP contribution in [0.25, 0.3) is 0 Å². The van der Waals surface area contributed by atoms with Gasteiger partial charge in [0.15, 0.2) is 0 Å². The number of ether oxygens (including phenoxy) is 1. The van der Waals surface area contributed by atoms with Gasteiger partial charge in [-0.05, 0) is 69.3 Å². The van der Waals surface area contributed by atoms with Crippen LogP contribution >= 0.6 is 23.4 Å². The number of carbonyl (C=O) groups excluding carboxylic acids is 2. The molecule has 0 radical (unpaired) electrons.